The lowest BCUT2D eigenvalue weighted by Gasteiger charge is -2.45. The van der Waals surface area contributed by atoms with Gasteiger partial charge in [-0.1, -0.05) is 60.7 Å². The Labute approximate surface area is 298 Å². The van der Waals surface area contributed by atoms with Gasteiger partial charge in [0, 0.05) is 0 Å². The maximum atomic E-state index is 13.1. The van der Waals surface area contributed by atoms with Gasteiger partial charge in [-0.3, -0.25) is 4.79 Å². The summed E-state index contributed by atoms with van der Waals surface area (Å²) in [5, 5.41) is 96.4. The highest BCUT2D eigenvalue weighted by molar-refractivity contribution is 5.77. The molecule has 0 radical (unpaired) electrons. The van der Waals surface area contributed by atoms with E-state index in [1.165, 1.54) is 0 Å². The summed E-state index contributed by atoms with van der Waals surface area (Å²) in [6.45, 7) is -2.68. The summed E-state index contributed by atoms with van der Waals surface area (Å²) < 4.78 is 40.4. The number of hydrogen-bond acceptors (Lipinski definition) is 17. The van der Waals surface area contributed by atoms with Crippen LogP contribution in [-0.4, -0.2) is 170 Å². The van der Waals surface area contributed by atoms with E-state index in [2.05, 4.69) is 5.32 Å². The van der Waals surface area contributed by atoms with E-state index in [0.29, 0.717) is 0 Å². The van der Waals surface area contributed by atoms with Crippen molar-refractivity contribution in [2.45, 2.75) is 105 Å². The van der Waals surface area contributed by atoms with Crippen LogP contribution in [0.3, 0.4) is 0 Å². The molecule has 3 aliphatic heterocycles. The summed E-state index contributed by atoms with van der Waals surface area (Å²) in [6.07, 6.45) is -22.9. The number of carbonyl (C=O) groups excluding carboxylic acids is 1. The lowest BCUT2D eigenvalue weighted by molar-refractivity contribution is -0.341. The van der Waals surface area contributed by atoms with Crippen LogP contribution in [0.4, 0.5) is 0 Å². The first-order chi connectivity index (χ1) is 25.1. The molecular weight excluding hydrogens is 694 g/mol. The first kappa shape index (κ1) is 40.5. The van der Waals surface area contributed by atoms with E-state index in [-0.39, 0.29) is 13.2 Å². The first-order valence-corrected chi connectivity index (χ1v) is 16.8. The van der Waals surface area contributed by atoms with Gasteiger partial charge in [-0.05, 0) is 11.1 Å². The van der Waals surface area contributed by atoms with Crippen molar-refractivity contribution in [2.75, 3.05) is 26.4 Å². The zero-order valence-electron chi connectivity index (χ0n) is 28.0. The topological polar surface area (TPSA) is 276 Å². The van der Waals surface area contributed by atoms with Crippen molar-refractivity contribution < 1.29 is 83.9 Å². The molecule has 10 N–H and O–H groups in total. The van der Waals surface area contributed by atoms with Crippen LogP contribution < -0.4 is 5.32 Å². The fraction of sp³-hybridized carbons (Fsp3) is 0.618. The molecule has 5 rings (SSSR count). The van der Waals surface area contributed by atoms with Crippen molar-refractivity contribution in [3.05, 3.63) is 71.8 Å². The van der Waals surface area contributed by atoms with Crippen LogP contribution >= 0.6 is 0 Å². The minimum Gasteiger partial charge on any atom is -0.394 e. The van der Waals surface area contributed by atoms with Crippen LogP contribution in [0, 0.1) is 0 Å². The smallest absolute Gasteiger partial charge is 0.246 e. The Bertz CT molecular complexity index is 1360. The quantitative estimate of drug-likeness (QED) is 0.0785. The molecule has 3 fully saturated rings. The van der Waals surface area contributed by atoms with Gasteiger partial charge in [-0.15, -0.1) is 0 Å². The Hall–Kier alpha value is -2.73. The Balaban J connectivity index is 1.35. The van der Waals surface area contributed by atoms with E-state index in [1.54, 1.807) is 24.3 Å². The van der Waals surface area contributed by atoms with Crippen LogP contribution in [0.2, 0.25) is 0 Å². The molecule has 0 unspecified atom stereocenters. The van der Waals surface area contributed by atoms with Gasteiger partial charge in [0.2, 0.25) is 5.91 Å². The van der Waals surface area contributed by atoms with E-state index in [1.807, 2.05) is 36.4 Å². The number of amides is 1. The van der Waals surface area contributed by atoms with Crippen molar-refractivity contribution in [2.24, 2.45) is 0 Å². The van der Waals surface area contributed by atoms with E-state index in [4.69, 9.17) is 33.2 Å². The summed E-state index contributed by atoms with van der Waals surface area (Å²) >= 11 is 0. The van der Waals surface area contributed by atoms with Gasteiger partial charge in [0.15, 0.2) is 18.9 Å². The molecule has 1 amide bonds. The number of carbonyl (C=O) groups is 1. The van der Waals surface area contributed by atoms with Crippen molar-refractivity contribution in [3.63, 3.8) is 0 Å². The molecule has 18 heteroatoms. The minimum atomic E-state index is -1.90. The molecule has 3 aliphatic rings. The number of hydrogen-bond donors (Lipinski definition) is 10. The molecule has 290 valence electrons. The molecular formula is C34H47NO17. The van der Waals surface area contributed by atoms with Crippen molar-refractivity contribution in [1.29, 1.82) is 0 Å². The van der Waals surface area contributed by atoms with Gasteiger partial charge in [0.25, 0.3) is 0 Å². The van der Waals surface area contributed by atoms with E-state index in [9.17, 15) is 50.8 Å². The summed E-state index contributed by atoms with van der Waals surface area (Å²) in [5.41, 5.74) is 1.56. The Morgan fingerprint density at radius 2 is 1.27 bits per heavy atom. The Morgan fingerprint density at radius 1 is 0.673 bits per heavy atom. The zero-order chi connectivity index (χ0) is 37.4. The summed E-state index contributed by atoms with van der Waals surface area (Å²) in [6, 6.07) is 16.8. The van der Waals surface area contributed by atoms with E-state index < -0.39 is 124 Å². The third-order valence-corrected chi connectivity index (χ3v) is 9.01. The van der Waals surface area contributed by atoms with Gasteiger partial charge < -0.3 is 84.4 Å². The summed E-state index contributed by atoms with van der Waals surface area (Å²) in [4.78, 5) is 13.1. The Kier molecular flexibility index (Phi) is 14.8. The number of rotatable bonds is 16. The van der Waals surface area contributed by atoms with Crippen LogP contribution in [0.25, 0.3) is 0 Å². The molecule has 2 aromatic carbocycles. The second-order valence-electron chi connectivity index (χ2n) is 12.7. The lowest BCUT2D eigenvalue weighted by atomic mass is 9.96. The fourth-order valence-corrected chi connectivity index (χ4v) is 6.17. The molecule has 2 aromatic rings. The minimum absolute atomic E-state index is 0.00750. The summed E-state index contributed by atoms with van der Waals surface area (Å²) in [7, 11) is 0. The SMILES string of the molecule is O=C(COCc1ccccc1)N[C@H]1[C@@H](OCc2ccccc2)O[C@H](CO)[C@@H](O[C@@H]2O[C@@H]([C@H](O)CO)[C@H](O)[C@H]2O[C@@H]2O[C@H](CO)[C@H](O)[C@H](O)[C@H]2O)[C@@H]1O. The predicted molar refractivity (Wildman–Crippen MR) is 172 cm³/mol. The molecule has 0 aromatic heterocycles. The maximum Gasteiger partial charge on any atom is 0.246 e. The van der Waals surface area contributed by atoms with E-state index >= 15 is 0 Å². The van der Waals surface area contributed by atoms with Crippen LogP contribution in [0.1, 0.15) is 11.1 Å². The van der Waals surface area contributed by atoms with Gasteiger partial charge in [0.1, 0.15) is 79.8 Å². The van der Waals surface area contributed by atoms with Gasteiger partial charge in [-0.25, -0.2) is 0 Å². The Morgan fingerprint density at radius 3 is 1.88 bits per heavy atom. The second kappa shape index (κ2) is 19.0. The number of aliphatic hydroxyl groups is 9. The van der Waals surface area contributed by atoms with Crippen LogP contribution in [0.5, 0.6) is 0 Å². The third kappa shape index (κ3) is 9.68. The van der Waals surface area contributed by atoms with Crippen LogP contribution in [0.15, 0.2) is 60.7 Å². The highest BCUT2D eigenvalue weighted by Gasteiger charge is 2.55. The maximum absolute atomic E-state index is 13.1. The average molecular weight is 742 g/mol. The number of aliphatic hydroxyl groups excluding tert-OH is 9. The first-order valence-electron chi connectivity index (χ1n) is 16.8. The average Bonchev–Trinajstić information content (AvgIpc) is 3.47. The molecule has 0 spiro atoms. The molecule has 15 atom stereocenters. The largest absolute Gasteiger partial charge is 0.394 e. The van der Waals surface area contributed by atoms with E-state index in [0.717, 1.165) is 11.1 Å². The van der Waals surface area contributed by atoms with Crippen molar-refractivity contribution >= 4 is 5.91 Å². The molecule has 0 bridgehead atoms. The molecule has 0 saturated carbocycles. The number of nitrogens with one attached hydrogen (secondary N) is 1. The van der Waals surface area contributed by atoms with Gasteiger partial charge in [0.05, 0.1) is 33.0 Å². The lowest BCUT2D eigenvalue weighted by Crippen LogP contribution is -2.66. The number of benzene rings is 2. The molecule has 52 heavy (non-hydrogen) atoms. The highest BCUT2D eigenvalue weighted by atomic mass is 16.8. The normalized spacial score (nSPS) is 37.1. The molecule has 3 heterocycles. The monoisotopic (exact) mass is 741 g/mol. The predicted octanol–water partition coefficient (Wildman–Crippen LogP) is -4.01. The van der Waals surface area contributed by atoms with Gasteiger partial charge in [-0.2, -0.15) is 0 Å². The second-order valence-corrected chi connectivity index (χ2v) is 12.7. The van der Waals surface area contributed by atoms with Crippen molar-refractivity contribution in [1.82, 2.24) is 5.32 Å². The molecule has 3 saturated heterocycles. The molecule has 0 aliphatic carbocycles. The van der Waals surface area contributed by atoms with Crippen LogP contribution in [-0.2, 0) is 51.2 Å². The zero-order valence-corrected chi connectivity index (χ0v) is 28.0. The molecule has 18 nitrogen and oxygen atoms in total. The standard InChI is InChI=1S/C34H47NO17/c36-11-19(39)29-28(45)31(52-33-27(44)26(43)24(41)20(12-37)48-33)34(50-29)51-30-21(13-38)49-32(47-15-18-9-5-2-6-10-18)23(25(30)42)35-22(40)16-46-14-17-7-3-1-4-8-17/h1-10,19-21,23-34,36-39,41-45H,11-16H2,(H,35,40)/t19-,20-,21-,23-,24+,25-,26+,27-,28+,29+,30-,31-,32+,33+,34+/m1/s1. The number of ether oxygens (including phenoxy) is 7. The fourth-order valence-electron chi connectivity index (χ4n) is 6.17. The van der Waals surface area contributed by atoms with Crippen molar-refractivity contribution in [3.8, 4) is 0 Å². The van der Waals surface area contributed by atoms with Gasteiger partial charge >= 0.3 is 0 Å². The third-order valence-electron chi connectivity index (χ3n) is 9.01. The summed E-state index contributed by atoms with van der Waals surface area (Å²) in [5.74, 6) is -0.652. The highest BCUT2D eigenvalue weighted by Crippen LogP contribution is 2.35.